The molecular weight excluding hydrogens is 246 g/mol. The van der Waals surface area contributed by atoms with Crippen LogP contribution in [0.1, 0.15) is 38.7 Å². The van der Waals surface area contributed by atoms with E-state index in [0.29, 0.717) is 6.04 Å². The van der Waals surface area contributed by atoms with Gasteiger partial charge in [-0.15, -0.1) is 0 Å². The highest BCUT2D eigenvalue weighted by Gasteiger charge is 2.11. The molecule has 0 radical (unpaired) electrons. The van der Waals surface area contributed by atoms with Crippen LogP contribution in [0, 0.1) is 0 Å². The van der Waals surface area contributed by atoms with Crippen molar-refractivity contribution in [2.75, 3.05) is 31.5 Å². The fourth-order valence-electron chi connectivity index (χ4n) is 2.86. The number of anilines is 1. The minimum atomic E-state index is 0.619. The van der Waals surface area contributed by atoms with Crippen LogP contribution in [0.3, 0.4) is 0 Å². The van der Waals surface area contributed by atoms with Crippen LogP contribution < -0.4 is 10.6 Å². The SMILES string of the molecule is CCN(CC)Cc1cccc(NC2CCCNCC2)c1. The summed E-state index contributed by atoms with van der Waals surface area (Å²) in [6.07, 6.45) is 3.77. The Morgan fingerprint density at radius 2 is 2.05 bits per heavy atom. The number of hydrogen-bond donors (Lipinski definition) is 2. The van der Waals surface area contributed by atoms with E-state index in [0.717, 1.165) is 26.2 Å². The van der Waals surface area contributed by atoms with E-state index in [1.54, 1.807) is 0 Å². The van der Waals surface area contributed by atoms with Gasteiger partial charge in [0.1, 0.15) is 0 Å². The van der Waals surface area contributed by atoms with Gasteiger partial charge in [0.05, 0.1) is 0 Å². The van der Waals surface area contributed by atoms with Gasteiger partial charge >= 0.3 is 0 Å². The lowest BCUT2D eigenvalue weighted by Gasteiger charge is -2.20. The third-order valence-corrected chi connectivity index (χ3v) is 4.17. The molecule has 3 nitrogen and oxygen atoms in total. The van der Waals surface area contributed by atoms with E-state index in [4.69, 9.17) is 0 Å². The highest BCUT2D eigenvalue weighted by molar-refractivity contribution is 5.46. The average molecular weight is 275 g/mol. The van der Waals surface area contributed by atoms with Crippen LogP contribution in [-0.4, -0.2) is 37.1 Å². The minimum absolute atomic E-state index is 0.619. The fourth-order valence-corrected chi connectivity index (χ4v) is 2.86. The molecule has 1 aliphatic heterocycles. The molecule has 1 aliphatic rings. The van der Waals surface area contributed by atoms with Crippen LogP contribution in [0.5, 0.6) is 0 Å². The first-order valence-corrected chi connectivity index (χ1v) is 8.10. The predicted octanol–water partition coefficient (Wildman–Crippen LogP) is 3.08. The molecule has 1 heterocycles. The Kier molecular flexibility index (Phi) is 6.34. The van der Waals surface area contributed by atoms with Gasteiger partial charge in [-0.1, -0.05) is 26.0 Å². The highest BCUT2D eigenvalue weighted by Crippen LogP contribution is 2.17. The van der Waals surface area contributed by atoms with E-state index in [2.05, 4.69) is 53.6 Å². The lowest BCUT2D eigenvalue weighted by atomic mass is 10.1. The number of hydrogen-bond acceptors (Lipinski definition) is 3. The van der Waals surface area contributed by atoms with Gasteiger partial charge in [0.2, 0.25) is 0 Å². The molecule has 0 bridgehead atoms. The van der Waals surface area contributed by atoms with E-state index in [1.165, 1.54) is 37.1 Å². The van der Waals surface area contributed by atoms with Crippen LogP contribution in [-0.2, 0) is 6.54 Å². The summed E-state index contributed by atoms with van der Waals surface area (Å²) in [6.45, 7) is 10.0. The van der Waals surface area contributed by atoms with Crippen LogP contribution in [0.2, 0.25) is 0 Å². The summed E-state index contributed by atoms with van der Waals surface area (Å²) >= 11 is 0. The van der Waals surface area contributed by atoms with Gasteiger partial charge in [-0.2, -0.15) is 0 Å². The summed E-state index contributed by atoms with van der Waals surface area (Å²) in [5.74, 6) is 0. The van der Waals surface area contributed by atoms with E-state index in [1.807, 2.05) is 0 Å². The Bertz CT molecular complexity index is 380. The van der Waals surface area contributed by atoms with Crippen molar-refractivity contribution in [3.8, 4) is 0 Å². The molecule has 0 aromatic heterocycles. The van der Waals surface area contributed by atoms with Crippen molar-refractivity contribution >= 4 is 5.69 Å². The Hall–Kier alpha value is -1.06. The average Bonchev–Trinajstić information content (AvgIpc) is 2.74. The second-order valence-corrected chi connectivity index (χ2v) is 5.68. The van der Waals surface area contributed by atoms with Crippen LogP contribution in [0.15, 0.2) is 24.3 Å². The third-order valence-electron chi connectivity index (χ3n) is 4.17. The smallest absolute Gasteiger partial charge is 0.0345 e. The molecule has 1 atom stereocenters. The number of benzene rings is 1. The van der Waals surface area contributed by atoms with Gasteiger partial charge in [0.15, 0.2) is 0 Å². The summed E-state index contributed by atoms with van der Waals surface area (Å²) in [5, 5.41) is 7.18. The van der Waals surface area contributed by atoms with Gasteiger partial charge in [-0.3, -0.25) is 4.90 Å². The van der Waals surface area contributed by atoms with Crippen molar-refractivity contribution in [1.29, 1.82) is 0 Å². The molecule has 1 aromatic rings. The molecule has 0 aliphatic carbocycles. The van der Waals surface area contributed by atoms with Gasteiger partial charge in [0.25, 0.3) is 0 Å². The highest BCUT2D eigenvalue weighted by atomic mass is 15.1. The largest absolute Gasteiger partial charge is 0.382 e. The van der Waals surface area contributed by atoms with Gasteiger partial charge in [0, 0.05) is 18.3 Å². The van der Waals surface area contributed by atoms with E-state index < -0.39 is 0 Å². The molecular formula is C17H29N3. The zero-order valence-electron chi connectivity index (χ0n) is 13.0. The monoisotopic (exact) mass is 275 g/mol. The normalized spacial score (nSPS) is 19.9. The molecule has 2 rings (SSSR count). The topological polar surface area (TPSA) is 27.3 Å². The van der Waals surface area contributed by atoms with Gasteiger partial charge in [-0.05, 0) is 63.1 Å². The second kappa shape index (κ2) is 8.28. The zero-order chi connectivity index (χ0) is 14.2. The molecule has 0 saturated carbocycles. The zero-order valence-corrected chi connectivity index (χ0v) is 13.0. The molecule has 1 aromatic carbocycles. The quantitative estimate of drug-likeness (QED) is 0.835. The molecule has 0 spiro atoms. The molecule has 3 heteroatoms. The van der Waals surface area contributed by atoms with Gasteiger partial charge < -0.3 is 10.6 Å². The molecule has 1 unspecified atom stereocenters. The molecule has 112 valence electrons. The fraction of sp³-hybridized carbons (Fsp3) is 0.647. The summed E-state index contributed by atoms with van der Waals surface area (Å²) in [6, 6.07) is 9.54. The first kappa shape index (κ1) is 15.3. The van der Waals surface area contributed by atoms with Crippen molar-refractivity contribution in [2.24, 2.45) is 0 Å². The maximum absolute atomic E-state index is 3.71. The standard InChI is InChI=1S/C17H29N3/c1-3-20(4-2)14-15-7-5-8-17(13-15)19-16-9-6-11-18-12-10-16/h5,7-8,13,16,18-19H,3-4,6,9-12,14H2,1-2H3. The van der Waals surface area contributed by atoms with Crippen molar-refractivity contribution in [3.05, 3.63) is 29.8 Å². The number of nitrogens with zero attached hydrogens (tertiary/aromatic N) is 1. The Balaban J connectivity index is 1.94. The lowest BCUT2D eigenvalue weighted by molar-refractivity contribution is 0.296. The Labute approximate surface area is 123 Å². The van der Waals surface area contributed by atoms with E-state index >= 15 is 0 Å². The van der Waals surface area contributed by atoms with Crippen LogP contribution in [0.4, 0.5) is 5.69 Å². The second-order valence-electron chi connectivity index (χ2n) is 5.68. The Morgan fingerprint density at radius 3 is 2.85 bits per heavy atom. The Morgan fingerprint density at radius 1 is 1.20 bits per heavy atom. The molecule has 1 saturated heterocycles. The predicted molar refractivity (Wildman–Crippen MR) is 87.2 cm³/mol. The number of nitrogens with one attached hydrogen (secondary N) is 2. The minimum Gasteiger partial charge on any atom is -0.382 e. The maximum Gasteiger partial charge on any atom is 0.0345 e. The summed E-state index contributed by atoms with van der Waals surface area (Å²) in [4.78, 5) is 2.45. The summed E-state index contributed by atoms with van der Waals surface area (Å²) < 4.78 is 0. The van der Waals surface area contributed by atoms with Crippen molar-refractivity contribution < 1.29 is 0 Å². The number of rotatable bonds is 6. The first-order valence-electron chi connectivity index (χ1n) is 8.10. The van der Waals surface area contributed by atoms with Crippen molar-refractivity contribution in [3.63, 3.8) is 0 Å². The van der Waals surface area contributed by atoms with Crippen molar-refractivity contribution in [1.82, 2.24) is 10.2 Å². The van der Waals surface area contributed by atoms with Crippen molar-refractivity contribution in [2.45, 2.75) is 45.7 Å². The van der Waals surface area contributed by atoms with E-state index in [9.17, 15) is 0 Å². The van der Waals surface area contributed by atoms with Crippen LogP contribution in [0.25, 0.3) is 0 Å². The third kappa shape index (κ3) is 4.80. The molecule has 1 fully saturated rings. The molecule has 2 N–H and O–H groups in total. The van der Waals surface area contributed by atoms with E-state index in [-0.39, 0.29) is 0 Å². The molecule has 0 amide bonds. The molecule has 20 heavy (non-hydrogen) atoms. The van der Waals surface area contributed by atoms with Crippen LogP contribution >= 0.6 is 0 Å². The first-order chi connectivity index (χ1) is 9.81. The van der Waals surface area contributed by atoms with Gasteiger partial charge in [-0.25, -0.2) is 0 Å². The maximum atomic E-state index is 3.71. The summed E-state index contributed by atoms with van der Waals surface area (Å²) in [7, 11) is 0. The lowest BCUT2D eigenvalue weighted by Crippen LogP contribution is -2.23. The summed E-state index contributed by atoms with van der Waals surface area (Å²) in [5.41, 5.74) is 2.69.